The van der Waals surface area contributed by atoms with Crippen LogP contribution in [0.2, 0.25) is 0 Å². The lowest BCUT2D eigenvalue weighted by atomic mass is 9.98. The fraction of sp³-hybridized carbons (Fsp3) is 0.207. The second-order valence-electron chi connectivity index (χ2n) is 9.93. The molecule has 0 saturated carbocycles. The van der Waals surface area contributed by atoms with Crippen LogP contribution in [0.4, 0.5) is 32.8 Å². The van der Waals surface area contributed by atoms with Crippen molar-refractivity contribution in [1.82, 2.24) is 10.5 Å². The van der Waals surface area contributed by atoms with Gasteiger partial charge in [0.1, 0.15) is 17.4 Å². The Morgan fingerprint density at radius 3 is 2.21 bits per heavy atom. The highest BCUT2D eigenvalue weighted by Gasteiger charge is 2.35. The second kappa shape index (κ2) is 12.2. The van der Waals surface area contributed by atoms with Gasteiger partial charge in [0.15, 0.2) is 5.13 Å². The average Bonchev–Trinajstić information content (AvgIpc) is 3.40. The number of alkyl halides is 3. The van der Waals surface area contributed by atoms with Crippen molar-refractivity contribution in [2.45, 2.75) is 33.2 Å². The summed E-state index contributed by atoms with van der Waals surface area (Å²) in [5.74, 6) is -3.15. The first-order valence-corrected chi connectivity index (χ1v) is 13.2. The molecule has 0 aliphatic carbocycles. The number of benzene rings is 3. The summed E-state index contributed by atoms with van der Waals surface area (Å²) >= 11 is 0.871. The maximum absolute atomic E-state index is 14.5. The molecule has 0 saturated heterocycles. The first-order chi connectivity index (χ1) is 19.7. The number of hydrogen-bond acceptors (Lipinski definition) is 7. The molecule has 42 heavy (non-hydrogen) atoms. The highest BCUT2D eigenvalue weighted by Crippen LogP contribution is 2.36. The fourth-order valence-electron chi connectivity index (χ4n) is 3.46. The van der Waals surface area contributed by atoms with E-state index in [0.717, 1.165) is 46.6 Å². The first-order valence-electron chi connectivity index (χ1n) is 12.3. The summed E-state index contributed by atoms with van der Waals surface area (Å²) in [6, 6.07) is 14.6. The van der Waals surface area contributed by atoms with Gasteiger partial charge in [0.25, 0.3) is 12.1 Å². The molecule has 7 nitrogen and oxygen atoms in total. The quantitative estimate of drug-likeness (QED) is 0.129. The number of rotatable bonds is 8. The van der Waals surface area contributed by atoms with Gasteiger partial charge in [-0.05, 0) is 69.3 Å². The third kappa shape index (κ3) is 7.28. The van der Waals surface area contributed by atoms with Gasteiger partial charge in [-0.1, -0.05) is 18.2 Å². The minimum absolute atomic E-state index is 0.0425. The number of hydrogen-bond donors (Lipinski definition) is 1. The van der Waals surface area contributed by atoms with Crippen LogP contribution < -0.4 is 15.1 Å². The van der Waals surface area contributed by atoms with E-state index >= 15 is 0 Å². The van der Waals surface area contributed by atoms with Crippen LogP contribution in [0.15, 0.2) is 78.2 Å². The van der Waals surface area contributed by atoms with Crippen molar-refractivity contribution < 1.29 is 41.1 Å². The van der Waals surface area contributed by atoms with Crippen LogP contribution in [0, 0.1) is 17.0 Å². The first kappa shape index (κ1) is 30.6. The number of carbonyl (C=O) groups is 2. The molecule has 1 N–H and O–H groups in total. The van der Waals surface area contributed by atoms with E-state index in [4.69, 9.17) is 9.57 Å². The molecule has 1 amide bonds. The van der Waals surface area contributed by atoms with Crippen LogP contribution in [0.3, 0.4) is 0 Å². The summed E-state index contributed by atoms with van der Waals surface area (Å²) in [5, 5.41) is 1.32. The van der Waals surface area contributed by atoms with Crippen LogP contribution in [-0.2, 0) is 20.6 Å². The summed E-state index contributed by atoms with van der Waals surface area (Å²) < 4.78 is 73.5. The monoisotopic (exact) mass is 605 g/mol. The molecule has 3 aromatic carbocycles. The van der Waals surface area contributed by atoms with E-state index in [1.165, 1.54) is 23.6 Å². The van der Waals surface area contributed by atoms with E-state index in [1.807, 2.05) is 0 Å². The number of halogens is 5. The second-order valence-corrected chi connectivity index (χ2v) is 10.8. The largest absolute Gasteiger partial charge is 0.463 e. The highest BCUT2D eigenvalue weighted by atomic mass is 32.1. The zero-order chi connectivity index (χ0) is 30.7. The number of hydroxylamine groups is 1. The van der Waals surface area contributed by atoms with Crippen LogP contribution in [0.1, 0.15) is 26.3 Å². The number of ether oxygens (including phenoxy) is 1. The Labute approximate surface area is 241 Å². The van der Waals surface area contributed by atoms with Crippen molar-refractivity contribution in [1.29, 1.82) is 0 Å². The Balaban J connectivity index is 1.77. The van der Waals surface area contributed by atoms with Gasteiger partial charge in [0.05, 0.1) is 22.4 Å². The number of nitrogens with one attached hydrogen (secondary N) is 1. The number of thiazole rings is 1. The molecule has 0 aliphatic rings. The molecule has 0 aliphatic heterocycles. The molecule has 1 heterocycles. The molecular weight excluding hydrogens is 581 g/mol. The number of carbonyl (C=O) groups excluding carboxylic acids is 2. The predicted molar refractivity (Wildman–Crippen MR) is 146 cm³/mol. The minimum Gasteiger partial charge on any atom is -0.463 e. The third-order valence-corrected chi connectivity index (χ3v) is 6.48. The Morgan fingerprint density at radius 1 is 0.952 bits per heavy atom. The molecule has 0 radical (unpaired) electrons. The normalized spacial score (nSPS) is 12.5. The zero-order valence-electron chi connectivity index (χ0n) is 22.4. The van der Waals surface area contributed by atoms with Gasteiger partial charge in [-0.25, -0.2) is 18.6 Å². The Kier molecular flexibility index (Phi) is 8.92. The molecule has 220 valence electrons. The van der Waals surface area contributed by atoms with Gasteiger partial charge < -0.3 is 9.57 Å². The highest BCUT2D eigenvalue weighted by molar-refractivity contribution is 7.14. The number of anilines is 2. The summed E-state index contributed by atoms with van der Waals surface area (Å²) in [6.45, 7) is 4.77. The van der Waals surface area contributed by atoms with Crippen molar-refractivity contribution >= 4 is 34.0 Å². The smallest absolute Gasteiger partial charge is 0.416 e. The average molecular weight is 606 g/mol. The summed E-state index contributed by atoms with van der Waals surface area (Å²) in [6.07, 6.45) is -6.33. The van der Waals surface area contributed by atoms with Crippen molar-refractivity contribution in [2.75, 3.05) is 4.90 Å². The van der Waals surface area contributed by atoms with Crippen LogP contribution in [0.5, 0.6) is 5.75 Å². The van der Waals surface area contributed by atoms with E-state index in [0.29, 0.717) is 6.07 Å². The molecule has 4 rings (SSSR count). The summed E-state index contributed by atoms with van der Waals surface area (Å²) in [7, 11) is 0. The number of nitrogens with zero attached hydrogens (tertiary/aromatic N) is 2. The molecule has 4 aromatic rings. The lowest BCUT2D eigenvalue weighted by molar-refractivity contribution is -0.169. The van der Waals surface area contributed by atoms with Gasteiger partial charge in [-0.3, -0.25) is 9.69 Å². The van der Waals surface area contributed by atoms with E-state index in [-0.39, 0.29) is 27.8 Å². The molecule has 0 bridgehead atoms. The summed E-state index contributed by atoms with van der Waals surface area (Å²) in [4.78, 5) is 36.9. The van der Waals surface area contributed by atoms with Crippen LogP contribution in [0.25, 0.3) is 11.3 Å². The van der Waals surface area contributed by atoms with E-state index in [2.05, 4.69) is 10.5 Å². The van der Waals surface area contributed by atoms with Gasteiger partial charge in [-0.2, -0.15) is 13.2 Å². The van der Waals surface area contributed by atoms with Crippen LogP contribution in [-0.4, -0.2) is 23.1 Å². The van der Waals surface area contributed by atoms with Gasteiger partial charge >= 0.3 is 12.1 Å². The molecule has 1 aromatic heterocycles. The van der Waals surface area contributed by atoms with Gasteiger partial charge in [0.2, 0.25) is 0 Å². The lowest BCUT2D eigenvalue weighted by Crippen LogP contribution is -2.50. The standard InChI is InChI=1S/C29H24F5N3O4S/c1-28(2,3)26(39)41-36-24(40-20-7-5-4-6-8-20)25(38)37(19-12-9-17(10-13-19)29(32,33)34)27-35-23(16-42-27)21-14-11-18(30)15-22(21)31/h4-16,24,36H,1-3H3. The third-order valence-electron chi connectivity index (χ3n) is 5.66. The topological polar surface area (TPSA) is 80.8 Å². The predicted octanol–water partition coefficient (Wildman–Crippen LogP) is 7.27. The Bertz CT molecular complexity index is 1550. The minimum atomic E-state index is -4.64. The lowest BCUT2D eigenvalue weighted by Gasteiger charge is -2.27. The molecular formula is C29H24F5N3O4S. The maximum Gasteiger partial charge on any atom is 0.416 e. The van der Waals surface area contributed by atoms with Gasteiger partial charge in [0, 0.05) is 17.0 Å². The van der Waals surface area contributed by atoms with E-state index < -0.39 is 46.9 Å². The summed E-state index contributed by atoms with van der Waals surface area (Å²) in [5.41, 5.74) is 0.346. The molecule has 0 spiro atoms. The number of aromatic nitrogens is 1. The number of para-hydroxylation sites is 1. The fourth-order valence-corrected chi connectivity index (χ4v) is 4.31. The molecule has 1 unspecified atom stereocenters. The molecule has 13 heteroatoms. The van der Waals surface area contributed by atoms with Crippen molar-refractivity contribution in [2.24, 2.45) is 5.41 Å². The Morgan fingerprint density at radius 2 is 1.62 bits per heavy atom. The van der Waals surface area contributed by atoms with Crippen molar-refractivity contribution in [3.05, 3.63) is 95.4 Å². The Hall–Kier alpha value is -4.36. The van der Waals surface area contributed by atoms with E-state index in [9.17, 15) is 31.5 Å². The van der Waals surface area contributed by atoms with E-state index in [1.54, 1.807) is 39.0 Å². The molecule has 1 atom stereocenters. The SMILES string of the molecule is CC(C)(C)C(=O)ONC(Oc1ccccc1)C(=O)N(c1ccc(C(F)(F)F)cc1)c1nc(-c2ccc(F)cc2F)cs1. The van der Waals surface area contributed by atoms with Gasteiger partial charge in [-0.15, -0.1) is 16.8 Å². The van der Waals surface area contributed by atoms with Crippen molar-refractivity contribution in [3.8, 4) is 17.0 Å². The maximum atomic E-state index is 14.5. The zero-order valence-corrected chi connectivity index (χ0v) is 23.2. The molecule has 0 fully saturated rings. The van der Waals surface area contributed by atoms with Crippen molar-refractivity contribution in [3.63, 3.8) is 0 Å². The number of amides is 1. The van der Waals surface area contributed by atoms with Crippen LogP contribution >= 0.6 is 11.3 Å².